The molecule has 1 aliphatic rings. The average Bonchev–Trinajstić information content (AvgIpc) is 2.87. The monoisotopic (exact) mass is 452 g/mol. The maximum absolute atomic E-state index is 14.3. The molecule has 1 saturated carbocycles. The van der Waals surface area contributed by atoms with E-state index in [0.29, 0.717) is 6.42 Å². The van der Waals surface area contributed by atoms with Crippen molar-refractivity contribution in [3.8, 4) is 0 Å². The van der Waals surface area contributed by atoms with E-state index in [4.69, 9.17) is 11.5 Å². The van der Waals surface area contributed by atoms with Gasteiger partial charge in [-0.1, -0.05) is 110 Å². The summed E-state index contributed by atoms with van der Waals surface area (Å²) in [6, 6.07) is 33.0. The second kappa shape index (κ2) is 9.19. The van der Waals surface area contributed by atoms with Crippen molar-refractivity contribution in [3.05, 3.63) is 103 Å². The minimum Gasteiger partial charge on any atom is -0.326 e. The van der Waals surface area contributed by atoms with Crippen LogP contribution in [-0.2, 0) is 0 Å². The summed E-state index contributed by atoms with van der Waals surface area (Å²) >= 11 is 0. The molecule has 2 atom stereocenters. The van der Waals surface area contributed by atoms with Gasteiger partial charge in [-0.05, 0) is 47.4 Å². The predicted molar refractivity (Wildman–Crippen MR) is 140 cm³/mol. The minimum absolute atomic E-state index is 0.0131. The van der Waals surface area contributed by atoms with Gasteiger partial charge in [0.2, 0.25) is 0 Å². The second-order valence-corrected chi connectivity index (χ2v) is 11.1. The Hall–Kier alpha value is -2.84. The molecule has 0 heterocycles. The first-order valence-electron chi connectivity index (χ1n) is 11.6. The summed E-state index contributed by atoms with van der Waals surface area (Å²) in [4.78, 5) is 14.3. The first kappa shape index (κ1) is 22.0. The highest BCUT2D eigenvalue weighted by Gasteiger charge is 2.44. The summed E-state index contributed by atoms with van der Waals surface area (Å²) in [7, 11) is -0.947. The molecule has 4 aromatic carbocycles. The van der Waals surface area contributed by atoms with Crippen molar-refractivity contribution in [3.63, 3.8) is 0 Å². The second-order valence-electron chi connectivity index (χ2n) is 8.91. The van der Waals surface area contributed by atoms with Crippen molar-refractivity contribution in [1.82, 2.24) is 0 Å². The number of hydrogen-bond acceptors (Lipinski definition) is 3. The third-order valence-corrected chi connectivity index (χ3v) is 9.33. The molecule has 0 aliphatic heterocycles. The lowest BCUT2D eigenvalue weighted by Gasteiger charge is -2.38. The van der Waals surface area contributed by atoms with E-state index in [0.717, 1.165) is 40.9 Å². The quantitative estimate of drug-likeness (QED) is 0.349. The molecule has 3 nitrogen and oxygen atoms in total. The number of nitrogens with two attached hydrogens (primary N) is 2. The number of rotatable bonds is 5. The van der Waals surface area contributed by atoms with E-state index < -0.39 is 13.5 Å². The van der Waals surface area contributed by atoms with Crippen LogP contribution in [0.15, 0.2) is 97.1 Å². The summed E-state index contributed by atoms with van der Waals surface area (Å²) in [5.74, 6) is -0.0131. The highest BCUT2D eigenvalue weighted by molar-refractivity contribution is 7.80. The standard InChI is InChI=1S/C29H29N2OP/c30-26-17-9-10-20-29(26,31)28(32)27-24-16-8-7-11-21(24)18-19-25(27)33(22-12-3-1-4-13-22)23-14-5-2-6-15-23/h1-8,11-16,18-19,26H,9-10,17,20,30-31H2. The predicted octanol–water partition coefficient (Wildman–Crippen LogP) is 4.38. The van der Waals surface area contributed by atoms with Gasteiger partial charge >= 0.3 is 0 Å². The van der Waals surface area contributed by atoms with Crippen molar-refractivity contribution in [2.24, 2.45) is 11.5 Å². The molecule has 0 radical (unpaired) electrons. The number of Topliss-reactive ketones (excluding diaryl/α,β-unsaturated/α-hetero) is 1. The Morgan fingerprint density at radius 3 is 2.03 bits per heavy atom. The molecule has 5 rings (SSSR count). The molecule has 0 amide bonds. The number of carbonyl (C=O) groups is 1. The summed E-state index contributed by atoms with van der Waals surface area (Å²) in [5.41, 5.74) is 13.1. The molecule has 4 heteroatoms. The Kier molecular flexibility index (Phi) is 6.12. The molecule has 33 heavy (non-hydrogen) atoms. The molecule has 0 bridgehead atoms. The van der Waals surface area contributed by atoms with Crippen LogP contribution in [0.25, 0.3) is 10.8 Å². The van der Waals surface area contributed by atoms with Gasteiger partial charge in [0, 0.05) is 11.6 Å². The lowest BCUT2D eigenvalue weighted by Crippen LogP contribution is -2.62. The van der Waals surface area contributed by atoms with Crippen LogP contribution in [0.4, 0.5) is 0 Å². The van der Waals surface area contributed by atoms with Crippen LogP contribution in [0.5, 0.6) is 0 Å². The fraction of sp³-hybridized carbons (Fsp3) is 0.207. The molecule has 0 saturated heterocycles. The smallest absolute Gasteiger partial charge is 0.185 e. The maximum Gasteiger partial charge on any atom is 0.185 e. The van der Waals surface area contributed by atoms with Crippen molar-refractivity contribution in [1.29, 1.82) is 0 Å². The lowest BCUT2D eigenvalue weighted by molar-refractivity contribution is 0.0826. The van der Waals surface area contributed by atoms with Crippen LogP contribution >= 0.6 is 7.92 Å². The Morgan fingerprint density at radius 1 is 0.788 bits per heavy atom. The average molecular weight is 453 g/mol. The van der Waals surface area contributed by atoms with E-state index >= 15 is 0 Å². The number of carbonyl (C=O) groups excluding carboxylic acids is 1. The molecule has 0 spiro atoms. The van der Waals surface area contributed by atoms with Gasteiger partial charge in [0.05, 0.1) is 5.54 Å². The van der Waals surface area contributed by atoms with E-state index in [1.165, 1.54) is 10.6 Å². The van der Waals surface area contributed by atoms with E-state index in [-0.39, 0.29) is 11.8 Å². The van der Waals surface area contributed by atoms with Crippen molar-refractivity contribution < 1.29 is 4.79 Å². The highest BCUT2D eigenvalue weighted by Crippen LogP contribution is 2.38. The molecule has 4 N–H and O–H groups in total. The summed E-state index contributed by atoms with van der Waals surface area (Å²) < 4.78 is 0. The Labute approximate surface area is 196 Å². The van der Waals surface area contributed by atoms with Crippen molar-refractivity contribution in [2.75, 3.05) is 0 Å². The number of benzene rings is 4. The van der Waals surface area contributed by atoms with Gasteiger partial charge in [-0.25, -0.2) is 0 Å². The van der Waals surface area contributed by atoms with Gasteiger partial charge < -0.3 is 11.5 Å². The van der Waals surface area contributed by atoms with Crippen LogP contribution in [0.3, 0.4) is 0 Å². The highest BCUT2D eigenvalue weighted by atomic mass is 31.1. The topological polar surface area (TPSA) is 69.1 Å². The molecule has 4 aromatic rings. The first-order chi connectivity index (χ1) is 16.1. The summed E-state index contributed by atoms with van der Waals surface area (Å²) in [5, 5.41) is 5.48. The largest absolute Gasteiger partial charge is 0.326 e. The summed E-state index contributed by atoms with van der Waals surface area (Å²) in [6.07, 6.45) is 3.37. The number of hydrogen-bond donors (Lipinski definition) is 2. The fourth-order valence-electron chi connectivity index (χ4n) is 5.01. The Morgan fingerprint density at radius 2 is 1.39 bits per heavy atom. The molecule has 1 aliphatic carbocycles. The van der Waals surface area contributed by atoms with Crippen LogP contribution in [0, 0.1) is 0 Å². The van der Waals surface area contributed by atoms with Gasteiger partial charge in [-0.2, -0.15) is 0 Å². The Bertz CT molecular complexity index is 1240. The molecule has 166 valence electrons. The van der Waals surface area contributed by atoms with E-state index in [9.17, 15) is 4.79 Å². The van der Waals surface area contributed by atoms with Crippen LogP contribution in [-0.4, -0.2) is 17.4 Å². The molecule has 0 aromatic heterocycles. The normalized spacial score (nSPS) is 20.8. The third-order valence-electron chi connectivity index (χ3n) is 6.84. The Balaban J connectivity index is 1.78. The van der Waals surface area contributed by atoms with Crippen molar-refractivity contribution >= 4 is 40.4 Å². The van der Waals surface area contributed by atoms with Crippen LogP contribution < -0.4 is 27.4 Å². The zero-order valence-electron chi connectivity index (χ0n) is 18.7. The molecular weight excluding hydrogens is 423 g/mol. The lowest BCUT2D eigenvalue weighted by atomic mass is 9.73. The SMILES string of the molecule is NC1CCCCC1(N)C(=O)c1c(P(c2ccccc2)c2ccccc2)ccc2ccccc12. The van der Waals surface area contributed by atoms with Crippen molar-refractivity contribution in [2.45, 2.75) is 37.3 Å². The number of fused-ring (bicyclic) bond motifs is 1. The van der Waals surface area contributed by atoms with Gasteiger partial charge in [0.1, 0.15) is 0 Å². The van der Waals surface area contributed by atoms with Gasteiger partial charge in [0.15, 0.2) is 5.78 Å². The van der Waals surface area contributed by atoms with E-state index in [1.54, 1.807) is 0 Å². The minimum atomic E-state index is -1.04. The first-order valence-corrected chi connectivity index (χ1v) is 12.9. The zero-order valence-corrected chi connectivity index (χ0v) is 19.5. The maximum atomic E-state index is 14.3. The van der Waals surface area contributed by atoms with Gasteiger partial charge in [-0.3, -0.25) is 4.79 Å². The fourth-order valence-corrected chi connectivity index (χ4v) is 7.47. The summed E-state index contributed by atoms with van der Waals surface area (Å²) in [6.45, 7) is 0. The number of ketones is 1. The zero-order chi connectivity index (χ0) is 22.8. The van der Waals surface area contributed by atoms with Crippen LogP contribution in [0.1, 0.15) is 36.0 Å². The van der Waals surface area contributed by atoms with Crippen LogP contribution in [0.2, 0.25) is 0 Å². The third kappa shape index (κ3) is 4.02. The molecule has 1 fully saturated rings. The molecular formula is C29H29N2OP. The molecule has 2 unspecified atom stereocenters. The van der Waals surface area contributed by atoms with Gasteiger partial charge in [0.25, 0.3) is 0 Å². The van der Waals surface area contributed by atoms with E-state index in [1.807, 2.05) is 30.3 Å². The van der Waals surface area contributed by atoms with Gasteiger partial charge in [-0.15, -0.1) is 0 Å². The van der Waals surface area contributed by atoms with E-state index in [2.05, 4.69) is 66.7 Å².